The molecule has 0 amide bonds. The third kappa shape index (κ3) is 1620. The quantitative estimate of drug-likeness (QED) is 0.288. The van der Waals surface area contributed by atoms with Crippen LogP contribution in [0.5, 0.6) is 0 Å². The zero-order valence-corrected chi connectivity index (χ0v) is 5.12. The first-order valence-electron chi connectivity index (χ1n) is 0.779. The maximum Gasteiger partial charge on any atom is 0.191 e. The standard InChI is InChI=1S/CHNS.FPS/c2-1-3;1-2-3/h3H;/p-1. The molecule has 0 bridgehead atoms. The molecule has 0 rings (SSSR count). The monoisotopic (exact) mass is 140 g/mol. The number of hydrogen-bond acceptors (Lipinski definition) is 3. The Morgan fingerprint density at radius 3 is 2.00 bits per heavy atom. The van der Waals surface area contributed by atoms with Gasteiger partial charge in [0.1, 0.15) is 0 Å². The molecule has 6 heavy (non-hydrogen) atoms. The van der Waals surface area contributed by atoms with E-state index in [4.69, 9.17) is 5.26 Å². The van der Waals surface area contributed by atoms with Crippen LogP contribution in [0.3, 0.4) is 0 Å². The molecule has 0 atom stereocenters. The predicted octanol–water partition coefficient (Wildman–Crippen LogP) is 1.29. The lowest BCUT2D eigenvalue weighted by Gasteiger charge is -1.53. The van der Waals surface area contributed by atoms with Crippen molar-refractivity contribution in [3.8, 4) is 5.40 Å². The molecule has 1 nitrogen and oxygen atoms in total. The first kappa shape index (κ1) is 9.48. The average molecular weight is 140 g/mol. The van der Waals surface area contributed by atoms with E-state index in [1.165, 1.54) is 5.40 Å². The summed E-state index contributed by atoms with van der Waals surface area (Å²) < 4.78 is 10.1. The van der Waals surface area contributed by atoms with Crippen LogP contribution >= 0.6 is 7.67 Å². The van der Waals surface area contributed by atoms with Gasteiger partial charge in [-0.05, 0) is 11.8 Å². The maximum atomic E-state index is 10.1. The summed E-state index contributed by atoms with van der Waals surface area (Å²) in [5.41, 5.74) is 0. The van der Waals surface area contributed by atoms with Gasteiger partial charge in [-0.1, -0.05) is 5.40 Å². The van der Waals surface area contributed by atoms with Crippen LogP contribution in [0.4, 0.5) is 4.20 Å². The van der Waals surface area contributed by atoms with E-state index in [1.807, 2.05) is 0 Å². The Balaban J connectivity index is 0. The summed E-state index contributed by atoms with van der Waals surface area (Å²) >= 11 is 7.40. The SMILES string of the molecule is FP=S.N#C[S-]. The summed E-state index contributed by atoms with van der Waals surface area (Å²) in [6, 6.07) is 0. The van der Waals surface area contributed by atoms with Crippen LogP contribution in [0.1, 0.15) is 0 Å². The summed E-state index contributed by atoms with van der Waals surface area (Å²) in [6.45, 7) is 0. The second-order valence-corrected chi connectivity index (χ2v) is 0.895. The van der Waals surface area contributed by atoms with E-state index in [0.29, 0.717) is 0 Å². The topological polar surface area (TPSA) is 23.8 Å². The van der Waals surface area contributed by atoms with E-state index < -0.39 is 7.67 Å². The molecule has 0 spiro atoms. The zero-order valence-electron chi connectivity index (χ0n) is 2.59. The van der Waals surface area contributed by atoms with Gasteiger partial charge >= 0.3 is 0 Å². The molecular weight excluding hydrogens is 140 g/mol. The normalized spacial score (nSPS) is 4.67. The molecule has 0 aliphatic rings. The molecule has 0 aromatic heterocycles. The van der Waals surface area contributed by atoms with Crippen molar-refractivity contribution < 1.29 is 4.20 Å². The first-order valence-corrected chi connectivity index (χ1v) is 2.99. The highest BCUT2D eigenvalue weighted by Gasteiger charge is 1.27. The van der Waals surface area contributed by atoms with Crippen LogP contribution in [0, 0.1) is 10.7 Å². The van der Waals surface area contributed by atoms with Crippen LogP contribution in [0.15, 0.2) is 0 Å². The molecule has 0 fully saturated rings. The predicted molar refractivity (Wildman–Crippen MR) is 28.4 cm³/mol. The number of halogens is 1. The lowest BCUT2D eigenvalue weighted by Crippen LogP contribution is -1.15. The van der Waals surface area contributed by atoms with Gasteiger partial charge in [0.25, 0.3) is 0 Å². The molecule has 0 aliphatic heterocycles. The third-order valence-corrected chi connectivity index (χ3v) is 0. The van der Waals surface area contributed by atoms with Gasteiger partial charge in [0, 0.05) is 0 Å². The highest BCUT2D eigenvalue weighted by atomic mass is 32.4. The van der Waals surface area contributed by atoms with Gasteiger partial charge in [-0.3, -0.25) is 0 Å². The van der Waals surface area contributed by atoms with Crippen molar-refractivity contribution in [1.29, 1.82) is 5.26 Å². The van der Waals surface area contributed by atoms with Gasteiger partial charge in [-0.15, -0.1) is 0 Å². The van der Waals surface area contributed by atoms with E-state index in [0.717, 1.165) is 0 Å². The van der Waals surface area contributed by atoms with Gasteiger partial charge < -0.3 is 12.6 Å². The summed E-state index contributed by atoms with van der Waals surface area (Å²) in [5, 5.41) is 8.47. The molecule has 5 heteroatoms. The van der Waals surface area contributed by atoms with Crippen LogP contribution in [0.25, 0.3) is 0 Å². The largest absolute Gasteiger partial charge is 0.696 e. The molecule has 34 valence electrons. The van der Waals surface area contributed by atoms with Crippen molar-refractivity contribution in [3.63, 3.8) is 0 Å². The van der Waals surface area contributed by atoms with Gasteiger partial charge in [-0.2, -0.15) is 4.20 Å². The van der Waals surface area contributed by atoms with E-state index in [1.54, 1.807) is 0 Å². The maximum absolute atomic E-state index is 10.1. The molecule has 0 aliphatic carbocycles. The number of rotatable bonds is 0. The Kier molecular flexibility index (Phi) is 30.2. The minimum atomic E-state index is -0.500. The highest BCUT2D eigenvalue weighted by Crippen LogP contribution is 1.84. The Bertz CT molecular complexity index is 59.1. The molecule has 0 saturated heterocycles. The van der Waals surface area contributed by atoms with E-state index in [-0.39, 0.29) is 0 Å². The van der Waals surface area contributed by atoms with Crippen molar-refractivity contribution in [1.82, 2.24) is 0 Å². The first-order chi connectivity index (χ1) is 2.83. The van der Waals surface area contributed by atoms with Crippen molar-refractivity contribution in [2.24, 2.45) is 0 Å². The second-order valence-electron chi connectivity index (χ2n) is 0.160. The van der Waals surface area contributed by atoms with Gasteiger partial charge in [0.05, 0.1) is 0 Å². The van der Waals surface area contributed by atoms with Gasteiger partial charge in [0.15, 0.2) is 7.67 Å². The summed E-state index contributed by atoms with van der Waals surface area (Å²) in [6.07, 6.45) is 0. The van der Waals surface area contributed by atoms with Crippen LogP contribution in [-0.2, 0) is 24.4 Å². The van der Waals surface area contributed by atoms with Gasteiger partial charge in [-0.25, -0.2) is 5.26 Å². The van der Waals surface area contributed by atoms with Crippen molar-refractivity contribution >= 4 is 32.1 Å². The number of nitrogens with zero attached hydrogens (tertiary/aromatic N) is 1. The second kappa shape index (κ2) is 19.1. The van der Waals surface area contributed by atoms with E-state index >= 15 is 0 Å². The minimum Gasteiger partial charge on any atom is -0.696 e. The average Bonchev–Trinajstić information content (AvgIpc) is 1.39. The fraction of sp³-hybridized carbons (Fsp3) is 0. The minimum absolute atomic E-state index is 0.500. The van der Waals surface area contributed by atoms with Crippen molar-refractivity contribution in [2.75, 3.05) is 0 Å². The molecule has 0 unspecified atom stereocenters. The molecule has 0 aromatic rings. The third-order valence-electron chi connectivity index (χ3n) is 0. The molecular formula is CFNPS2-. The Hall–Kier alpha value is 0.160. The Morgan fingerprint density at radius 1 is 2.00 bits per heavy atom. The van der Waals surface area contributed by atoms with Crippen LogP contribution in [0.2, 0.25) is 0 Å². The Labute approximate surface area is 47.5 Å². The molecule has 0 radical (unpaired) electrons. The number of nitriles is 1. The highest BCUT2D eigenvalue weighted by molar-refractivity contribution is 7.94. The lowest BCUT2D eigenvalue weighted by atomic mass is 11.8. The van der Waals surface area contributed by atoms with E-state index in [9.17, 15) is 4.20 Å². The number of hydrogen-bond donors (Lipinski definition) is 0. The Morgan fingerprint density at radius 2 is 2.00 bits per heavy atom. The molecule has 0 aromatic carbocycles. The summed E-state index contributed by atoms with van der Waals surface area (Å²) in [7, 11) is -0.500. The van der Waals surface area contributed by atoms with Crippen molar-refractivity contribution in [2.45, 2.75) is 0 Å². The van der Waals surface area contributed by atoms with Crippen LogP contribution < -0.4 is 0 Å². The summed E-state index contributed by atoms with van der Waals surface area (Å²) in [4.78, 5) is 0. The van der Waals surface area contributed by atoms with E-state index in [2.05, 4.69) is 24.4 Å². The molecule has 0 saturated carbocycles. The molecule has 0 N–H and O–H groups in total. The van der Waals surface area contributed by atoms with Crippen LogP contribution in [-0.4, -0.2) is 0 Å². The smallest absolute Gasteiger partial charge is 0.191 e. The fourth-order valence-electron chi connectivity index (χ4n) is 0. The zero-order chi connectivity index (χ0) is 5.41. The lowest BCUT2D eigenvalue weighted by molar-refractivity contribution is 0.939. The summed E-state index contributed by atoms with van der Waals surface area (Å²) in [5.74, 6) is 0. The van der Waals surface area contributed by atoms with Crippen molar-refractivity contribution in [3.05, 3.63) is 0 Å². The number of thiocyanates is 1. The molecule has 0 heterocycles. The van der Waals surface area contributed by atoms with Gasteiger partial charge in [0.2, 0.25) is 0 Å². The fourth-order valence-corrected chi connectivity index (χ4v) is 0.